The number of sulfonamides is 1. The lowest BCUT2D eigenvalue weighted by Crippen LogP contribution is -2.51. The van der Waals surface area contributed by atoms with Crippen molar-refractivity contribution in [3.8, 4) is 0 Å². The zero-order valence-electron chi connectivity index (χ0n) is 12.4. The molecule has 2 unspecified atom stereocenters. The molecule has 0 spiro atoms. The van der Waals surface area contributed by atoms with Gasteiger partial charge in [0.2, 0.25) is 10.0 Å². The molecule has 0 aromatic rings. The lowest BCUT2D eigenvalue weighted by molar-refractivity contribution is -0.137. The molecule has 0 N–H and O–H groups in total. The first-order valence-electron chi connectivity index (χ1n) is 7.55. The van der Waals surface area contributed by atoms with Gasteiger partial charge in [-0.3, -0.25) is 9.59 Å². The first-order valence-corrected chi connectivity index (χ1v) is 9.15. The molecule has 0 radical (unpaired) electrons. The van der Waals surface area contributed by atoms with E-state index in [-0.39, 0.29) is 17.7 Å². The maximum Gasteiger partial charge on any atom is 0.322 e. The molecular formula is C14H23NO5S. The Hall–Kier alpha value is -0.950. The Labute approximate surface area is 125 Å². The Balaban J connectivity index is 2.18. The summed E-state index contributed by atoms with van der Waals surface area (Å²) in [5.41, 5.74) is 0. The van der Waals surface area contributed by atoms with Crippen LogP contribution in [-0.2, 0) is 24.3 Å². The molecule has 0 aromatic heterocycles. The van der Waals surface area contributed by atoms with Crippen molar-refractivity contribution in [1.82, 2.24) is 4.31 Å². The third-order valence-corrected chi connectivity index (χ3v) is 6.22. The van der Waals surface area contributed by atoms with Gasteiger partial charge in [-0.2, -0.15) is 4.31 Å². The molecule has 2 rings (SSSR count). The Morgan fingerprint density at radius 1 is 1.24 bits per heavy atom. The van der Waals surface area contributed by atoms with Crippen LogP contribution in [0.1, 0.15) is 44.9 Å². The fraction of sp³-hybridized carbons (Fsp3) is 0.857. The maximum absolute atomic E-state index is 12.4. The van der Waals surface area contributed by atoms with Crippen LogP contribution >= 0.6 is 0 Å². The van der Waals surface area contributed by atoms with E-state index in [2.05, 4.69) is 4.74 Å². The minimum Gasteiger partial charge on any atom is -0.468 e. The van der Waals surface area contributed by atoms with E-state index >= 15 is 0 Å². The third-order valence-electron chi connectivity index (χ3n) is 4.45. The SMILES string of the molecule is COC(=O)CS(=O)(=O)N1CCCCC1C1CCCCC1=O. The van der Waals surface area contributed by atoms with Gasteiger partial charge in [0.25, 0.3) is 0 Å². The Morgan fingerprint density at radius 2 is 1.95 bits per heavy atom. The van der Waals surface area contributed by atoms with Crippen LogP contribution in [0.25, 0.3) is 0 Å². The van der Waals surface area contributed by atoms with E-state index in [0.717, 1.165) is 32.1 Å². The Kier molecular flexibility index (Phi) is 5.37. The van der Waals surface area contributed by atoms with Crippen LogP contribution in [-0.4, -0.2) is 49.9 Å². The van der Waals surface area contributed by atoms with Crippen LogP contribution in [0.3, 0.4) is 0 Å². The summed E-state index contributed by atoms with van der Waals surface area (Å²) in [4.78, 5) is 23.5. The number of piperidine rings is 1. The summed E-state index contributed by atoms with van der Waals surface area (Å²) >= 11 is 0. The van der Waals surface area contributed by atoms with Crippen LogP contribution in [0.15, 0.2) is 0 Å². The standard InChI is InChI=1S/C14H23NO5S/c1-20-14(17)10-21(18,19)15-9-5-4-7-12(15)11-6-2-3-8-13(11)16/h11-12H,2-10H2,1H3. The first-order chi connectivity index (χ1) is 9.95. The highest BCUT2D eigenvalue weighted by atomic mass is 32.2. The second kappa shape index (κ2) is 6.87. The monoisotopic (exact) mass is 317 g/mol. The van der Waals surface area contributed by atoms with E-state index < -0.39 is 21.7 Å². The summed E-state index contributed by atoms with van der Waals surface area (Å²) in [5, 5.41) is 0. The smallest absolute Gasteiger partial charge is 0.322 e. The number of Topliss-reactive ketones (excluding diaryl/α,β-unsaturated/α-hetero) is 1. The van der Waals surface area contributed by atoms with E-state index in [4.69, 9.17) is 0 Å². The molecule has 2 atom stereocenters. The highest BCUT2D eigenvalue weighted by Crippen LogP contribution is 2.33. The zero-order valence-corrected chi connectivity index (χ0v) is 13.2. The van der Waals surface area contributed by atoms with E-state index in [0.29, 0.717) is 19.4 Å². The predicted molar refractivity (Wildman–Crippen MR) is 77.1 cm³/mol. The van der Waals surface area contributed by atoms with Crippen molar-refractivity contribution in [2.75, 3.05) is 19.4 Å². The van der Waals surface area contributed by atoms with Gasteiger partial charge >= 0.3 is 5.97 Å². The lowest BCUT2D eigenvalue weighted by atomic mass is 9.80. The van der Waals surface area contributed by atoms with Gasteiger partial charge < -0.3 is 4.74 Å². The highest BCUT2D eigenvalue weighted by molar-refractivity contribution is 7.89. The summed E-state index contributed by atoms with van der Waals surface area (Å²) in [6.07, 6.45) is 5.59. The fourth-order valence-corrected chi connectivity index (χ4v) is 5.04. The number of hydrogen-bond donors (Lipinski definition) is 0. The van der Waals surface area contributed by atoms with Crippen LogP contribution in [0, 0.1) is 5.92 Å². The van der Waals surface area contributed by atoms with Gasteiger partial charge in [0, 0.05) is 24.9 Å². The number of rotatable bonds is 4. The van der Waals surface area contributed by atoms with Crippen molar-refractivity contribution in [1.29, 1.82) is 0 Å². The summed E-state index contributed by atoms with van der Waals surface area (Å²) in [7, 11) is -2.53. The molecule has 1 saturated carbocycles. The Bertz CT molecular complexity index is 501. The first kappa shape index (κ1) is 16.4. The number of nitrogens with zero attached hydrogens (tertiary/aromatic N) is 1. The van der Waals surface area contributed by atoms with E-state index in [1.165, 1.54) is 11.4 Å². The molecule has 6 nitrogen and oxygen atoms in total. The highest BCUT2D eigenvalue weighted by Gasteiger charge is 2.41. The van der Waals surface area contributed by atoms with Gasteiger partial charge in [0.15, 0.2) is 5.75 Å². The minimum absolute atomic E-state index is 0.173. The topological polar surface area (TPSA) is 80.8 Å². The number of hydrogen-bond acceptors (Lipinski definition) is 5. The average Bonchev–Trinajstić information content (AvgIpc) is 2.47. The van der Waals surface area contributed by atoms with E-state index in [1.54, 1.807) is 0 Å². The molecule has 0 aromatic carbocycles. The molecule has 1 aliphatic carbocycles. The summed E-state index contributed by atoms with van der Waals surface area (Å²) in [5.74, 6) is -1.42. The lowest BCUT2D eigenvalue weighted by Gasteiger charge is -2.39. The van der Waals surface area contributed by atoms with Crippen molar-refractivity contribution < 1.29 is 22.7 Å². The van der Waals surface area contributed by atoms with Crippen LogP contribution in [0.4, 0.5) is 0 Å². The van der Waals surface area contributed by atoms with Crippen molar-refractivity contribution in [3.05, 3.63) is 0 Å². The summed E-state index contributed by atoms with van der Waals surface area (Å²) in [6.45, 7) is 0.397. The molecule has 0 amide bonds. The molecule has 120 valence electrons. The van der Waals surface area contributed by atoms with Crippen molar-refractivity contribution in [2.45, 2.75) is 51.0 Å². The van der Waals surface area contributed by atoms with Crippen molar-refractivity contribution in [3.63, 3.8) is 0 Å². The summed E-state index contributed by atoms with van der Waals surface area (Å²) in [6, 6.07) is -0.277. The molecule has 7 heteroatoms. The fourth-order valence-electron chi connectivity index (χ4n) is 3.39. The molecular weight excluding hydrogens is 294 g/mol. The molecule has 21 heavy (non-hydrogen) atoms. The zero-order chi connectivity index (χ0) is 15.5. The third kappa shape index (κ3) is 3.83. The number of esters is 1. The van der Waals surface area contributed by atoms with Gasteiger partial charge in [-0.25, -0.2) is 8.42 Å². The van der Waals surface area contributed by atoms with Crippen LogP contribution in [0.2, 0.25) is 0 Å². The predicted octanol–water partition coefficient (Wildman–Crippen LogP) is 1.10. The second-order valence-electron chi connectivity index (χ2n) is 5.82. The van der Waals surface area contributed by atoms with E-state index in [9.17, 15) is 18.0 Å². The van der Waals surface area contributed by atoms with Crippen molar-refractivity contribution in [2.24, 2.45) is 5.92 Å². The van der Waals surface area contributed by atoms with E-state index in [1.807, 2.05) is 0 Å². The number of ether oxygens (including phenoxy) is 1. The molecule has 2 fully saturated rings. The van der Waals surface area contributed by atoms with Crippen LogP contribution < -0.4 is 0 Å². The molecule has 2 aliphatic rings. The number of carbonyl (C=O) groups excluding carboxylic acids is 2. The normalized spacial score (nSPS) is 28.3. The molecule has 1 heterocycles. The number of methoxy groups -OCH3 is 1. The average molecular weight is 317 g/mol. The molecule has 1 aliphatic heterocycles. The maximum atomic E-state index is 12.4. The van der Waals surface area contributed by atoms with Gasteiger partial charge in [-0.1, -0.05) is 12.8 Å². The van der Waals surface area contributed by atoms with Gasteiger partial charge in [0.05, 0.1) is 7.11 Å². The Morgan fingerprint density at radius 3 is 2.62 bits per heavy atom. The van der Waals surface area contributed by atoms with Gasteiger partial charge in [-0.05, 0) is 25.7 Å². The molecule has 0 bridgehead atoms. The van der Waals surface area contributed by atoms with Gasteiger partial charge in [0.1, 0.15) is 5.78 Å². The molecule has 1 saturated heterocycles. The van der Waals surface area contributed by atoms with Gasteiger partial charge in [-0.15, -0.1) is 0 Å². The van der Waals surface area contributed by atoms with Crippen molar-refractivity contribution >= 4 is 21.8 Å². The largest absolute Gasteiger partial charge is 0.468 e. The minimum atomic E-state index is -3.71. The number of carbonyl (C=O) groups is 2. The quantitative estimate of drug-likeness (QED) is 0.725. The van der Waals surface area contributed by atoms with Crippen LogP contribution in [0.5, 0.6) is 0 Å². The second-order valence-corrected chi connectivity index (χ2v) is 7.75. The summed E-state index contributed by atoms with van der Waals surface area (Å²) < 4.78 is 30.7. The number of ketones is 1.